The van der Waals surface area contributed by atoms with E-state index in [1.54, 1.807) is 0 Å². The van der Waals surface area contributed by atoms with Crippen molar-refractivity contribution in [1.82, 2.24) is 5.32 Å². The molecule has 3 saturated carbocycles. The highest BCUT2D eigenvalue weighted by Crippen LogP contribution is 2.66. The lowest BCUT2D eigenvalue weighted by Gasteiger charge is -2.66. The van der Waals surface area contributed by atoms with E-state index in [4.69, 9.17) is 5.26 Å². The van der Waals surface area contributed by atoms with E-state index in [1.807, 2.05) is 0 Å². The van der Waals surface area contributed by atoms with Gasteiger partial charge in [-0.2, -0.15) is 5.26 Å². The Bertz CT molecular complexity index is 510. The molecule has 1 N–H and O–H groups in total. The van der Waals surface area contributed by atoms with Crippen molar-refractivity contribution in [2.75, 3.05) is 0 Å². The monoisotopic (exact) mass is 230 g/mol. The van der Waals surface area contributed by atoms with Crippen molar-refractivity contribution in [3.8, 4) is 6.07 Å². The summed E-state index contributed by atoms with van der Waals surface area (Å²) in [6.45, 7) is 0. The predicted molar refractivity (Wildman–Crippen MR) is 58.5 cm³/mol. The molecule has 0 aliphatic heterocycles. The number of amides is 1. The number of hydrogen-bond acceptors (Lipinski definition) is 2. The number of carbonyl (C=O) groups excluding carboxylic acids is 1. The van der Waals surface area contributed by atoms with Gasteiger partial charge >= 0.3 is 0 Å². The highest BCUT2D eigenvalue weighted by Gasteiger charge is 2.69. The maximum atomic E-state index is 12.7. The summed E-state index contributed by atoms with van der Waals surface area (Å²) in [5.74, 6) is -0.535. The number of carbonyl (C=O) groups is 1. The van der Waals surface area contributed by atoms with Gasteiger partial charge in [-0.3, -0.25) is 4.79 Å². The molecule has 17 heavy (non-hydrogen) atoms. The lowest BCUT2D eigenvalue weighted by molar-refractivity contribution is -0.102. The van der Waals surface area contributed by atoms with Crippen LogP contribution in [0, 0.1) is 22.6 Å². The molecule has 0 unspecified atom stereocenters. The summed E-state index contributed by atoms with van der Waals surface area (Å²) in [6, 6.07) is 7.77. The first-order valence-corrected chi connectivity index (χ1v) is 5.56. The van der Waals surface area contributed by atoms with E-state index in [1.165, 1.54) is 24.3 Å². The Kier molecular flexibility index (Phi) is 1.86. The molecular formula is C13H11FN2O. The van der Waals surface area contributed by atoms with Crippen molar-refractivity contribution in [3.63, 3.8) is 0 Å². The number of halogens is 1. The van der Waals surface area contributed by atoms with Crippen LogP contribution in [-0.2, 0) is 0 Å². The maximum Gasteiger partial charge on any atom is 0.251 e. The Morgan fingerprint density at radius 1 is 1.29 bits per heavy atom. The van der Waals surface area contributed by atoms with Gasteiger partial charge < -0.3 is 5.32 Å². The molecule has 2 bridgehead atoms. The average molecular weight is 230 g/mol. The molecule has 1 amide bonds. The average Bonchev–Trinajstić information content (AvgIpc) is 2.22. The summed E-state index contributed by atoms with van der Waals surface area (Å²) in [7, 11) is 0. The minimum Gasteiger partial charge on any atom is -0.346 e. The fourth-order valence-corrected chi connectivity index (χ4v) is 2.95. The Labute approximate surface area is 98.2 Å². The lowest BCUT2D eigenvalue weighted by atomic mass is 9.40. The summed E-state index contributed by atoms with van der Waals surface area (Å²) < 4.78 is 12.7. The van der Waals surface area contributed by atoms with E-state index < -0.39 is 0 Å². The second-order valence-corrected chi connectivity index (χ2v) is 5.16. The third-order valence-electron chi connectivity index (χ3n) is 3.75. The number of nitrogens with zero attached hydrogens (tertiary/aromatic N) is 1. The largest absolute Gasteiger partial charge is 0.346 e. The fourth-order valence-electron chi connectivity index (χ4n) is 2.95. The van der Waals surface area contributed by atoms with Crippen LogP contribution in [0.15, 0.2) is 24.3 Å². The van der Waals surface area contributed by atoms with Crippen molar-refractivity contribution in [3.05, 3.63) is 35.6 Å². The Hall–Kier alpha value is -1.89. The smallest absolute Gasteiger partial charge is 0.251 e. The van der Waals surface area contributed by atoms with Gasteiger partial charge in [0.05, 0.1) is 11.5 Å². The second-order valence-electron chi connectivity index (χ2n) is 5.16. The van der Waals surface area contributed by atoms with Gasteiger partial charge in [0.25, 0.3) is 5.91 Å². The quantitative estimate of drug-likeness (QED) is 0.844. The van der Waals surface area contributed by atoms with Crippen LogP contribution >= 0.6 is 0 Å². The number of hydrogen-bond donors (Lipinski definition) is 1. The standard InChI is InChI=1S/C13H11FN2O/c14-10-3-1-9(2-4-10)11(17)16-13-5-12(6-13,7-13)8-15/h1-4H,5-7H2,(H,16,17). The molecule has 3 nitrogen and oxygen atoms in total. The van der Waals surface area contributed by atoms with Gasteiger partial charge in [0.2, 0.25) is 0 Å². The molecule has 4 rings (SSSR count). The van der Waals surface area contributed by atoms with Gasteiger partial charge in [0.15, 0.2) is 0 Å². The van der Waals surface area contributed by atoms with Gasteiger partial charge in [-0.15, -0.1) is 0 Å². The van der Waals surface area contributed by atoms with Crippen LogP contribution in [0.5, 0.6) is 0 Å². The van der Waals surface area contributed by atoms with Gasteiger partial charge in [0, 0.05) is 11.1 Å². The van der Waals surface area contributed by atoms with Gasteiger partial charge in [-0.25, -0.2) is 4.39 Å². The van der Waals surface area contributed by atoms with E-state index in [0.717, 1.165) is 19.3 Å². The third-order valence-corrected chi connectivity index (χ3v) is 3.75. The van der Waals surface area contributed by atoms with Crippen molar-refractivity contribution in [1.29, 1.82) is 5.26 Å². The second kappa shape index (κ2) is 3.07. The van der Waals surface area contributed by atoms with E-state index in [9.17, 15) is 9.18 Å². The molecular weight excluding hydrogens is 219 g/mol. The van der Waals surface area contributed by atoms with Gasteiger partial charge in [-0.1, -0.05) is 0 Å². The molecule has 0 radical (unpaired) electrons. The lowest BCUT2D eigenvalue weighted by Crippen LogP contribution is -2.74. The molecule has 3 aliphatic carbocycles. The molecule has 0 aromatic heterocycles. The van der Waals surface area contributed by atoms with E-state index in [2.05, 4.69) is 11.4 Å². The van der Waals surface area contributed by atoms with E-state index in [-0.39, 0.29) is 22.7 Å². The molecule has 3 aliphatic rings. The van der Waals surface area contributed by atoms with Crippen LogP contribution in [0.25, 0.3) is 0 Å². The van der Waals surface area contributed by atoms with E-state index in [0.29, 0.717) is 5.56 Å². The van der Waals surface area contributed by atoms with Gasteiger partial charge in [0.1, 0.15) is 5.82 Å². The summed E-state index contributed by atoms with van der Waals surface area (Å²) in [5.41, 5.74) is 0.124. The molecule has 0 spiro atoms. The molecule has 4 heteroatoms. The van der Waals surface area contributed by atoms with Crippen LogP contribution in [0.3, 0.4) is 0 Å². The Morgan fingerprint density at radius 2 is 1.88 bits per heavy atom. The van der Waals surface area contributed by atoms with Crippen LogP contribution in [0.2, 0.25) is 0 Å². The summed E-state index contributed by atoms with van der Waals surface area (Å²) in [4.78, 5) is 11.9. The Balaban J connectivity index is 1.66. The van der Waals surface area contributed by atoms with Crippen molar-refractivity contribution < 1.29 is 9.18 Å². The molecule has 86 valence electrons. The molecule has 1 aromatic carbocycles. The first-order chi connectivity index (χ1) is 8.06. The van der Waals surface area contributed by atoms with Crippen molar-refractivity contribution in [2.45, 2.75) is 24.8 Å². The maximum absolute atomic E-state index is 12.7. The van der Waals surface area contributed by atoms with Gasteiger partial charge in [-0.05, 0) is 43.5 Å². The number of benzene rings is 1. The molecule has 0 saturated heterocycles. The zero-order chi connectivity index (χ0) is 12.1. The number of nitriles is 1. The summed E-state index contributed by atoms with van der Waals surface area (Å²) in [5, 5.41) is 11.8. The van der Waals surface area contributed by atoms with Crippen LogP contribution in [0.1, 0.15) is 29.6 Å². The highest BCUT2D eigenvalue weighted by atomic mass is 19.1. The topological polar surface area (TPSA) is 52.9 Å². The summed E-state index contributed by atoms with van der Waals surface area (Å²) >= 11 is 0. The van der Waals surface area contributed by atoms with E-state index >= 15 is 0 Å². The van der Waals surface area contributed by atoms with Crippen LogP contribution in [-0.4, -0.2) is 11.4 Å². The minimum absolute atomic E-state index is 0.165. The molecule has 0 atom stereocenters. The summed E-state index contributed by atoms with van der Waals surface area (Å²) in [6.07, 6.45) is 2.26. The first-order valence-electron chi connectivity index (χ1n) is 5.56. The SMILES string of the molecule is N#CC12CC(NC(=O)c3ccc(F)cc3)(C1)C2. The predicted octanol–water partition coefficient (Wildman–Crippen LogP) is 2.00. The Morgan fingerprint density at radius 3 is 2.41 bits per heavy atom. The van der Waals surface area contributed by atoms with Crippen LogP contribution < -0.4 is 5.32 Å². The molecule has 0 heterocycles. The van der Waals surface area contributed by atoms with Crippen molar-refractivity contribution in [2.24, 2.45) is 5.41 Å². The zero-order valence-corrected chi connectivity index (χ0v) is 9.16. The highest BCUT2D eigenvalue weighted by molar-refractivity contribution is 5.95. The first kappa shape index (κ1) is 10.3. The fraction of sp³-hybridized carbons (Fsp3) is 0.385. The van der Waals surface area contributed by atoms with Crippen molar-refractivity contribution >= 4 is 5.91 Å². The van der Waals surface area contributed by atoms with Crippen LogP contribution in [0.4, 0.5) is 4.39 Å². The minimum atomic E-state index is -0.351. The third kappa shape index (κ3) is 1.42. The molecule has 1 aromatic rings. The number of rotatable bonds is 2. The number of nitrogens with one attached hydrogen (secondary N) is 1. The normalized spacial score (nSPS) is 32.9. The molecule has 3 fully saturated rings. The zero-order valence-electron chi connectivity index (χ0n) is 9.16.